The van der Waals surface area contributed by atoms with E-state index < -0.39 is 0 Å². The van der Waals surface area contributed by atoms with Crippen LogP contribution in [0.25, 0.3) is 0 Å². The lowest BCUT2D eigenvalue weighted by molar-refractivity contribution is -0.117. The van der Waals surface area contributed by atoms with Gasteiger partial charge in [-0.3, -0.25) is 4.79 Å². The molecule has 1 rings (SSSR count). The van der Waals surface area contributed by atoms with Crippen molar-refractivity contribution in [2.75, 3.05) is 12.3 Å². The Balaban J connectivity index is 2.39. The monoisotopic (exact) mass is 224 g/mol. The van der Waals surface area contributed by atoms with Gasteiger partial charge in [-0.15, -0.1) is 11.8 Å². The molecule has 0 saturated carbocycles. The summed E-state index contributed by atoms with van der Waals surface area (Å²) in [4.78, 5) is 11.8. The molecule has 0 unspecified atom stereocenters. The predicted molar refractivity (Wildman–Crippen MR) is 63.7 cm³/mol. The summed E-state index contributed by atoms with van der Waals surface area (Å²) in [7, 11) is 0. The van der Waals surface area contributed by atoms with Crippen LogP contribution in [0.15, 0.2) is 29.2 Å². The lowest BCUT2D eigenvalue weighted by Gasteiger charge is -2.03. The second-order valence-electron chi connectivity index (χ2n) is 3.15. The van der Waals surface area contributed by atoms with Crippen LogP contribution in [0.2, 0.25) is 0 Å². The highest BCUT2D eigenvalue weighted by atomic mass is 32.2. The molecule has 0 atom stereocenters. The summed E-state index contributed by atoms with van der Waals surface area (Å²) in [6, 6.07) is 8.31. The molecule has 0 saturated heterocycles. The minimum absolute atomic E-state index is 0.228. The Morgan fingerprint density at radius 1 is 1.40 bits per heavy atom. The molecule has 0 aromatic heterocycles. The molecule has 0 heterocycles. The van der Waals surface area contributed by atoms with Crippen molar-refractivity contribution in [2.24, 2.45) is 5.73 Å². The number of amides is 1. The molecule has 0 aliphatic rings. The number of nitrogens with two attached hydrogens (primary N) is 1. The number of carbonyl (C=O) groups is 1. The van der Waals surface area contributed by atoms with Gasteiger partial charge < -0.3 is 11.1 Å². The fourth-order valence-corrected chi connectivity index (χ4v) is 1.86. The molecule has 3 N–H and O–H groups in total. The first-order chi connectivity index (χ1) is 7.22. The third-order valence-electron chi connectivity index (χ3n) is 1.86. The first-order valence-electron chi connectivity index (χ1n) is 4.93. The number of rotatable bonds is 6. The molecule has 4 heteroatoms. The molecule has 1 amide bonds. The number of hydrogen-bond donors (Lipinski definition) is 2. The second-order valence-corrected chi connectivity index (χ2v) is 4.48. The normalized spacial score (nSPS) is 10.2. The summed E-state index contributed by atoms with van der Waals surface area (Å²) in [5, 5.41) is 2.97. The third kappa shape index (κ3) is 4.85. The molecule has 0 bridgehead atoms. The summed E-state index contributed by atoms with van der Waals surface area (Å²) in [5.41, 5.74) is 6.18. The molecular weight excluding hydrogens is 208 g/mol. The molecule has 0 spiro atoms. The van der Waals surface area contributed by atoms with E-state index in [0.717, 1.165) is 11.3 Å². The fourth-order valence-electron chi connectivity index (χ4n) is 1.20. The molecule has 0 aliphatic carbocycles. The number of benzene rings is 1. The predicted octanol–water partition coefficient (Wildman–Crippen LogP) is 1.37. The molecule has 82 valence electrons. The summed E-state index contributed by atoms with van der Waals surface area (Å²) in [6.45, 7) is 3.04. The number of carbonyl (C=O) groups excluding carboxylic acids is 1. The van der Waals surface area contributed by atoms with Gasteiger partial charge in [-0.1, -0.05) is 19.1 Å². The van der Waals surface area contributed by atoms with Crippen molar-refractivity contribution in [3.05, 3.63) is 29.8 Å². The van der Waals surface area contributed by atoms with Crippen LogP contribution in [-0.2, 0) is 11.3 Å². The van der Waals surface area contributed by atoms with Gasteiger partial charge >= 0.3 is 0 Å². The maximum absolute atomic E-state index is 10.5. The maximum Gasteiger partial charge on any atom is 0.231 e. The maximum atomic E-state index is 10.5. The van der Waals surface area contributed by atoms with Gasteiger partial charge in [0.1, 0.15) is 0 Å². The SMILES string of the molecule is CCSc1ccc(CNCC(N)=O)cc1. The van der Waals surface area contributed by atoms with E-state index in [4.69, 9.17) is 5.73 Å². The van der Waals surface area contributed by atoms with E-state index in [-0.39, 0.29) is 12.5 Å². The van der Waals surface area contributed by atoms with E-state index in [9.17, 15) is 4.79 Å². The highest BCUT2D eigenvalue weighted by molar-refractivity contribution is 7.99. The molecule has 1 aromatic rings. The number of primary amides is 1. The highest BCUT2D eigenvalue weighted by Gasteiger charge is 1.96. The van der Waals surface area contributed by atoms with Crippen LogP contribution in [0, 0.1) is 0 Å². The van der Waals surface area contributed by atoms with E-state index in [1.165, 1.54) is 4.90 Å². The van der Waals surface area contributed by atoms with Gasteiger partial charge in [-0.05, 0) is 23.4 Å². The van der Waals surface area contributed by atoms with E-state index in [1.807, 2.05) is 11.8 Å². The van der Waals surface area contributed by atoms with Crippen molar-refractivity contribution in [3.8, 4) is 0 Å². The van der Waals surface area contributed by atoms with Crippen molar-refractivity contribution in [2.45, 2.75) is 18.4 Å². The third-order valence-corrected chi connectivity index (χ3v) is 2.76. The lowest BCUT2D eigenvalue weighted by atomic mass is 10.2. The molecule has 0 radical (unpaired) electrons. The molecule has 3 nitrogen and oxygen atoms in total. The molecule has 0 fully saturated rings. The summed E-state index contributed by atoms with van der Waals surface area (Å²) >= 11 is 1.82. The average molecular weight is 224 g/mol. The van der Waals surface area contributed by atoms with E-state index in [0.29, 0.717) is 6.54 Å². The van der Waals surface area contributed by atoms with Crippen molar-refractivity contribution < 1.29 is 4.79 Å². The Morgan fingerprint density at radius 3 is 2.60 bits per heavy atom. The standard InChI is InChI=1S/C11H16N2OS/c1-2-15-10-5-3-9(4-6-10)7-13-8-11(12)14/h3-6,13H,2,7-8H2,1H3,(H2,12,14). The first kappa shape index (κ1) is 12.1. The fraction of sp³-hybridized carbons (Fsp3) is 0.364. The smallest absolute Gasteiger partial charge is 0.231 e. The zero-order chi connectivity index (χ0) is 11.1. The van der Waals surface area contributed by atoms with Gasteiger partial charge in [0, 0.05) is 11.4 Å². The molecular formula is C11H16N2OS. The van der Waals surface area contributed by atoms with Gasteiger partial charge in [0.15, 0.2) is 0 Å². The molecule has 1 aromatic carbocycles. The molecule has 0 aliphatic heterocycles. The quantitative estimate of drug-likeness (QED) is 0.718. The van der Waals surface area contributed by atoms with Gasteiger partial charge in [0.2, 0.25) is 5.91 Å². The topological polar surface area (TPSA) is 55.1 Å². The largest absolute Gasteiger partial charge is 0.369 e. The Morgan fingerprint density at radius 2 is 2.07 bits per heavy atom. The van der Waals surface area contributed by atoms with E-state index >= 15 is 0 Å². The van der Waals surface area contributed by atoms with Crippen LogP contribution >= 0.6 is 11.8 Å². The number of nitrogens with one attached hydrogen (secondary N) is 1. The van der Waals surface area contributed by atoms with Gasteiger partial charge in [0.05, 0.1) is 6.54 Å². The lowest BCUT2D eigenvalue weighted by Crippen LogP contribution is -2.28. The molecule has 15 heavy (non-hydrogen) atoms. The van der Waals surface area contributed by atoms with Crippen LogP contribution in [0.1, 0.15) is 12.5 Å². The van der Waals surface area contributed by atoms with Crippen LogP contribution in [0.3, 0.4) is 0 Å². The zero-order valence-electron chi connectivity index (χ0n) is 8.82. The van der Waals surface area contributed by atoms with Gasteiger partial charge in [0.25, 0.3) is 0 Å². The van der Waals surface area contributed by atoms with Crippen molar-refractivity contribution in [3.63, 3.8) is 0 Å². The van der Waals surface area contributed by atoms with Gasteiger partial charge in [-0.25, -0.2) is 0 Å². The Labute approximate surface area is 94.4 Å². The van der Waals surface area contributed by atoms with Crippen molar-refractivity contribution >= 4 is 17.7 Å². The second kappa shape index (κ2) is 6.48. The summed E-state index contributed by atoms with van der Waals surface area (Å²) in [5.74, 6) is 0.757. The van der Waals surface area contributed by atoms with Crippen LogP contribution in [0.4, 0.5) is 0 Å². The Bertz CT molecular complexity index is 311. The van der Waals surface area contributed by atoms with Crippen LogP contribution in [-0.4, -0.2) is 18.2 Å². The summed E-state index contributed by atoms with van der Waals surface area (Å²) in [6.07, 6.45) is 0. The highest BCUT2D eigenvalue weighted by Crippen LogP contribution is 2.17. The average Bonchev–Trinajstić information content (AvgIpc) is 2.20. The van der Waals surface area contributed by atoms with Crippen molar-refractivity contribution in [1.82, 2.24) is 5.32 Å². The van der Waals surface area contributed by atoms with Crippen molar-refractivity contribution in [1.29, 1.82) is 0 Å². The van der Waals surface area contributed by atoms with Crippen LogP contribution < -0.4 is 11.1 Å². The number of thioether (sulfide) groups is 1. The zero-order valence-corrected chi connectivity index (χ0v) is 9.64. The minimum Gasteiger partial charge on any atom is -0.369 e. The van der Waals surface area contributed by atoms with Crippen LogP contribution in [0.5, 0.6) is 0 Å². The number of hydrogen-bond acceptors (Lipinski definition) is 3. The van der Waals surface area contributed by atoms with E-state index in [1.54, 1.807) is 0 Å². The minimum atomic E-state index is -0.326. The Kier molecular flexibility index (Phi) is 5.21. The first-order valence-corrected chi connectivity index (χ1v) is 5.91. The Hall–Kier alpha value is -1.00. The van der Waals surface area contributed by atoms with Gasteiger partial charge in [-0.2, -0.15) is 0 Å². The van der Waals surface area contributed by atoms with E-state index in [2.05, 4.69) is 36.5 Å². The summed E-state index contributed by atoms with van der Waals surface area (Å²) < 4.78 is 0.